The fourth-order valence-electron chi connectivity index (χ4n) is 10.2. The van der Waals surface area contributed by atoms with Crippen molar-refractivity contribution in [2.75, 3.05) is 0 Å². The van der Waals surface area contributed by atoms with Gasteiger partial charge in [-0.05, 0) is 107 Å². The molecular formula is C56H36N2. The van der Waals surface area contributed by atoms with E-state index in [2.05, 4.69) is 223 Å². The van der Waals surface area contributed by atoms with Gasteiger partial charge in [0.1, 0.15) is 5.82 Å². The first-order valence-corrected chi connectivity index (χ1v) is 20.1. The average molecular weight is 737 g/mol. The van der Waals surface area contributed by atoms with Crippen molar-refractivity contribution in [3.05, 3.63) is 241 Å². The van der Waals surface area contributed by atoms with Crippen LogP contribution in [0.2, 0.25) is 0 Å². The van der Waals surface area contributed by atoms with Gasteiger partial charge in [0.05, 0.1) is 16.4 Å². The summed E-state index contributed by atoms with van der Waals surface area (Å²) in [7, 11) is 0. The van der Waals surface area contributed by atoms with Crippen LogP contribution >= 0.6 is 0 Å². The Labute approximate surface area is 336 Å². The van der Waals surface area contributed by atoms with Gasteiger partial charge in [-0.25, -0.2) is 4.98 Å². The topological polar surface area (TPSA) is 17.8 Å². The SMILES string of the molecule is c1ccc(-n2c(-c3ccc4c(c3)C(c3ccccc3)(c3c5ccccc5c(-c5cccc6ccccc56)c5ccccc35)c3ccccc3-4)nc3ccccc32)cc1. The van der Waals surface area contributed by atoms with Crippen molar-refractivity contribution in [2.45, 2.75) is 5.41 Å². The third-order valence-electron chi connectivity index (χ3n) is 12.5. The first-order valence-electron chi connectivity index (χ1n) is 20.1. The number of imidazole rings is 1. The summed E-state index contributed by atoms with van der Waals surface area (Å²) < 4.78 is 2.31. The van der Waals surface area contributed by atoms with E-state index in [9.17, 15) is 0 Å². The fourth-order valence-corrected chi connectivity index (χ4v) is 10.2. The Kier molecular flexibility index (Phi) is 7.18. The van der Waals surface area contributed by atoms with Crippen molar-refractivity contribution in [2.24, 2.45) is 0 Å². The van der Waals surface area contributed by atoms with Gasteiger partial charge >= 0.3 is 0 Å². The minimum atomic E-state index is -0.663. The highest BCUT2D eigenvalue weighted by Gasteiger charge is 2.48. The van der Waals surface area contributed by atoms with Gasteiger partial charge in [-0.15, -0.1) is 0 Å². The Bertz CT molecular complexity index is 3330. The number of benzene rings is 10. The molecule has 0 saturated heterocycles. The molecule has 1 aromatic heterocycles. The smallest absolute Gasteiger partial charge is 0.145 e. The summed E-state index contributed by atoms with van der Waals surface area (Å²) in [4.78, 5) is 5.36. The summed E-state index contributed by atoms with van der Waals surface area (Å²) in [6.45, 7) is 0. The molecule has 270 valence electrons. The Morgan fingerprint density at radius 3 is 1.74 bits per heavy atom. The molecule has 11 aromatic rings. The lowest BCUT2D eigenvalue weighted by atomic mass is 9.64. The largest absolute Gasteiger partial charge is 0.292 e. The monoisotopic (exact) mass is 736 g/mol. The molecule has 0 radical (unpaired) electrons. The minimum Gasteiger partial charge on any atom is -0.292 e. The highest BCUT2D eigenvalue weighted by molar-refractivity contribution is 6.20. The third-order valence-corrected chi connectivity index (χ3v) is 12.5. The molecule has 58 heavy (non-hydrogen) atoms. The zero-order chi connectivity index (χ0) is 38.2. The highest BCUT2D eigenvalue weighted by atomic mass is 15.1. The quantitative estimate of drug-likeness (QED) is 0.161. The predicted molar refractivity (Wildman–Crippen MR) is 242 cm³/mol. The third kappa shape index (κ3) is 4.57. The van der Waals surface area contributed by atoms with E-state index in [1.807, 2.05) is 0 Å². The molecule has 1 atom stereocenters. The van der Waals surface area contributed by atoms with E-state index in [4.69, 9.17) is 4.98 Å². The van der Waals surface area contributed by atoms with Gasteiger partial charge in [-0.1, -0.05) is 188 Å². The van der Waals surface area contributed by atoms with Crippen molar-refractivity contribution in [3.63, 3.8) is 0 Å². The van der Waals surface area contributed by atoms with Crippen molar-refractivity contribution < 1.29 is 0 Å². The lowest BCUT2D eigenvalue weighted by molar-refractivity contribution is 0.784. The molecule has 0 aliphatic heterocycles. The molecule has 2 heteroatoms. The van der Waals surface area contributed by atoms with E-state index in [1.165, 1.54) is 76.8 Å². The van der Waals surface area contributed by atoms with Crippen LogP contribution in [0.3, 0.4) is 0 Å². The van der Waals surface area contributed by atoms with Crippen LogP contribution in [-0.2, 0) is 5.41 Å². The van der Waals surface area contributed by atoms with E-state index in [0.29, 0.717) is 0 Å². The van der Waals surface area contributed by atoms with Crippen LogP contribution in [0.25, 0.3) is 82.7 Å². The lowest BCUT2D eigenvalue weighted by Crippen LogP contribution is -2.29. The van der Waals surface area contributed by atoms with Gasteiger partial charge < -0.3 is 0 Å². The normalized spacial score (nSPS) is 14.6. The molecule has 1 aliphatic carbocycles. The molecule has 0 amide bonds. The number of hydrogen-bond acceptors (Lipinski definition) is 1. The highest BCUT2D eigenvalue weighted by Crippen LogP contribution is 2.60. The van der Waals surface area contributed by atoms with E-state index in [1.54, 1.807) is 0 Å². The van der Waals surface area contributed by atoms with Crippen LogP contribution < -0.4 is 0 Å². The summed E-state index contributed by atoms with van der Waals surface area (Å²) in [5, 5.41) is 7.49. The summed E-state index contributed by atoms with van der Waals surface area (Å²) >= 11 is 0. The van der Waals surface area contributed by atoms with Gasteiger partial charge in [0.25, 0.3) is 0 Å². The van der Waals surface area contributed by atoms with Crippen LogP contribution in [0.1, 0.15) is 22.3 Å². The maximum Gasteiger partial charge on any atom is 0.145 e. The summed E-state index contributed by atoms with van der Waals surface area (Å²) in [5.41, 5.74) is 13.7. The van der Waals surface area contributed by atoms with Crippen LogP contribution in [0.5, 0.6) is 0 Å². The van der Waals surface area contributed by atoms with Gasteiger partial charge in [-0.3, -0.25) is 4.57 Å². The second-order valence-electron chi connectivity index (χ2n) is 15.4. The van der Waals surface area contributed by atoms with Gasteiger partial charge in [0.15, 0.2) is 0 Å². The summed E-state index contributed by atoms with van der Waals surface area (Å²) in [6, 6.07) is 80.2. The van der Waals surface area contributed by atoms with Crippen molar-refractivity contribution >= 4 is 43.4 Å². The molecule has 1 unspecified atom stereocenters. The average Bonchev–Trinajstić information content (AvgIpc) is 3.83. The molecule has 0 N–H and O–H groups in total. The number of nitrogens with zero attached hydrogens (tertiary/aromatic N) is 2. The molecular weight excluding hydrogens is 701 g/mol. The first kappa shape index (κ1) is 32.7. The lowest BCUT2D eigenvalue weighted by Gasteiger charge is -2.36. The Morgan fingerprint density at radius 1 is 0.397 bits per heavy atom. The maximum atomic E-state index is 5.36. The van der Waals surface area contributed by atoms with Crippen LogP contribution in [0.15, 0.2) is 218 Å². The van der Waals surface area contributed by atoms with E-state index >= 15 is 0 Å². The molecule has 1 heterocycles. The Balaban J connectivity index is 1.24. The van der Waals surface area contributed by atoms with E-state index < -0.39 is 5.41 Å². The Hall–Kier alpha value is -7.55. The van der Waals surface area contributed by atoms with Crippen LogP contribution in [-0.4, -0.2) is 9.55 Å². The maximum absolute atomic E-state index is 5.36. The molecule has 0 fully saturated rings. The minimum absolute atomic E-state index is 0.663. The van der Waals surface area contributed by atoms with Gasteiger partial charge in [0, 0.05) is 11.3 Å². The molecule has 1 aliphatic rings. The summed E-state index contributed by atoms with van der Waals surface area (Å²) in [5.74, 6) is 0.925. The number of fused-ring (bicyclic) bond motifs is 7. The molecule has 0 saturated carbocycles. The van der Waals surface area contributed by atoms with Crippen molar-refractivity contribution in [1.29, 1.82) is 0 Å². The van der Waals surface area contributed by atoms with E-state index in [-0.39, 0.29) is 0 Å². The number of rotatable bonds is 5. The fraction of sp³-hybridized carbons (Fsp3) is 0.0179. The molecule has 10 aromatic carbocycles. The van der Waals surface area contributed by atoms with Crippen LogP contribution in [0, 0.1) is 0 Å². The standard InChI is InChI=1S/C56H36N2/c1-3-20-39(21-4-1)56(54-47-28-11-9-26-45(47)53(46-27-10-12-29-48(46)54)44-30-17-19-37-18-7-8-24-41(37)44)49-31-14-13-25-42(49)43-35-34-38(36-50(43)56)55-57-51-32-15-16-33-52(51)58(55)40-22-5-2-6-23-40/h1-36H. The number of para-hydroxylation sites is 3. The zero-order valence-electron chi connectivity index (χ0n) is 31.7. The number of hydrogen-bond donors (Lipinski definition) is 0. The molecule has 12 rings (SSSR count). The predicted octanol–water partition coefficient (Wildman–Crippen LogP) is 14.2. The second-order valence-corrected chi connectivity index (χ2v) is 15.4. The zero-order valence-corrected chi connectivity index (χ0v) is 31.7. The number of aromatic nitrogens is 2. The Morgan fingerprint density at radius 2 is 0.966 bits per heavy atom. The van der Waals surface area contributed by atoms with Gasteiger partial charge in [0.2, 0.25) is 0 Å². The summed E-state index contributed by atoms with van der Waals surface area (Å²) in [6.07, 6.45) is 0. The molecule has 2 nitrogen and oxygen atoms in total. The molecule has 0 spiro atoms. The van der Waals surface area contributed by atoms with Crippen LogP contribution in [0.4, 0.5) is 0 Å². The van der Waals surface area contributed by atoms with Gasteiger partial charge in [-0.2, -0.15) is 0 Å². The molecule has 0 bridgehead atoms. The second kappa shape index (κ2) is 12.7. The van der Waals surface area contributed by atoms with Crippen molar-refractivity contribution in [3.8, 4) is 39.3 Å². The first-order chi connectivity index (χ1) is 28.8. The van der Waals surface area contributed by atoms with E-state index in [0.717, 1.165) is 28.1 Å². The van der Waals surface area contributed by atoms with Crippen molar-refractivity contribution in [1.82, 2.24) is 9.55 Å².